The normalized spacial score (nSPS) is 25.1. The molecule has 0 bridgehead atoms. The minimum atomic E-state index is -0.688. The van der Waals surface area contributed by atoms with Crippen LogP contribution < -0.4 is 0 Å². The minimum Gasteiger partial charge on any atom is -0.480 e. The largest absolute Gasteiger partial charge is 0.480 e. The number of hydrogen-bond acceptors (Lipinski definition) is 2. The zero-order chi connectivity index (χ0) is 9.57. The molecule has 1 saturated carbocycles. The van der Waals surface area contributed by atoms with Gasteiger partial charge >= 0.3 is 5.97 Å². The van der Waals surface area contributed by atoms with E-state index in [9.17, 15) is 4.79 Å². The highest BCUT2D eigenvalue weighted by molar-refractivity contribution is 5.80. The molecule has 1 aliphatic carbocycles. The van der Waals surface area contributed by atoms with Gasteiger partial charge in [0, 0.05) is 0 Å². The van der Waals surface area contributed by atoms with Crippen molar-refractivity contribution >= 4 is 5.97 Å². The summed E-state index contributed by atoms with van der Waals surface area (Å²) >= 11 is 0. The van der Waals surface area contributed by atoms with E-state index in [1.54, 1.807) is 0 Å². The fourth-order valence-electron chi connectivity index (χ4n) is 2.19. The first-order valence-corrected chi connectivity index (χ1v) is 4.21. The lowest BCUT2D eigenvalue weighted by molar-refractivity contribution is -0.165. The molecular formula is C9H17NO2. The van der Waals surface area contributed by atoms with Crippen LogP contribution in [0.25, 0.3) is 0 Å². The van der Waals surface area contributed by atoms with Crippen LogP contribution in [0.5, 0.6) is 0 Å². The second-order valence-electron chi connectivity index (χ2n) is 4.75. The number of carboxylic acids is 1. The molecule has 0 atom stereocenters. The summed E-state index contributed by atoms with van der Waals surface area (Å²) in [4.78, 5) is 12.8. The predicted octanol–water partition coefficient (Wildman–Crippen LogP) is 1.19. The summed E-state index contributed by atoms with van der Waals surface area (Å²) in [5.74, 6) is -0.688. The van der Waals surface area contributed by atoms with Gasteiger partial charge in [-0.15, -0.1) is 0 Å². The summed E-state index contributed by atoms with van der Waals surface area (Å²) in [6.07, 6.45) is 1.50. The van der Waals surface area contributed by atoms with Gasteiger partial charge in [0.25, 0.3) is 0 Å². The second-order valence-corrected chi connectivity index (χ2v) is 4.75. The molecular weight excluding hydrogens is 154 g/mol. The van der Waals surface area contributed by atoms with Gasteiger partial charge in [-0.2, -0.15) is 0 Å². The maximum absolute atomic E-state index is 11.0. The van der Waals surface area contributed by atoms with E-state index in [-0.39, 0.29) is 5.41 Å². The lowest BCUT2D eigenvalue weighted by Crippen LogP contribution is -2.62. The van der Waals surface area contributed by atoms with Gasteiger partial charge < -0.3 is 5.11 Å². The van der Waals surface area contributed by atoms with E-state index < -0.39 is 11.5 Å². The highest BCUT2D eigenvalue weighted by Gasteiger charge is 2.56. The lowest BCUT2D eigenvalue weighted by Gasteiger charge is -2.53. The summed E-state index contributed by atoms with van der Waals surface area (Å²) < 4.78 is 0. The summed E-state index contributed by atoms with van der Waals surface area (Å²) in [5.41, 5.74) is -0.397. The summed E-state index contributed by atoms with van der Waals surface area (Å²) in [6.45, 7) is 4.22. The summed E-state index contributed by atoms with van der Waals surface area (Å²) in [7, 11) is 3.67. The number of hydrogen-bond donors (Lipinski definition) is 1. The van der Waals surface area contributed by atoms with Crippen LogP contribution in [-0.4, -0.2) is 35.6 Å². The molecule has 0 aromatic carbocycles. The topological polar surface area (TPSA) is 40.5 Å². The van der Waals surface area contributed by atoms with Gasteiger partial charge in [-0.05, 0) is 32.4 Å². The highest BCUT2D eigenvalue weighted by Crippen LogP contribution is 2.50. The van der Waals surface area contributed by atoms with Crippen LogP contribution in [0.2, 0.25) is 0 Å². The van der Waals surface area contributed by atoms with Crippen LogP contribution >= 0.6 is 0 Å². The number of likely N-dealkylation sites (N-methyl/N-ethyl adjacent to an activating group) is 1. The molecule has 0 radical (unpaired) electrons. The maximum Gasteiger partial charge on any atom is 0.324 e. The van der Waals surface area contributed by atoms with E-state index in [0.717, 1.165) is 12.8 Å². The van der Waals surface area contributed by atoms with Crippen molar-refractivity contribution in [2.24, 2.45) is 5.41 Å². The van der Waals surface area contributed by atoms with Crippen molar-refractivity contribution < 1.29 is 9.90 Å². The van der Waals surface area contributed by atoms with Crippen molar-refractivity contribution in [2.75, 3.05) is 14.1 Å². The average Bonchev–Trinajstić information content (AvgIpc) is 1.80. The number of carbonyl (C=O) groups is 1. The Kier molecular flexibility index (Phi) is 1.95. The maximum atomic E-state index is 11.0. The fourth-order valence-corrected chi connectivity index (χ4v) is 2.19. The molecule has 1 aliphatic rings. The van der Waals surface area contributed by atoms with Crippen molar-refractivity contribution in [2.45, 2.75) is 32.2 Å². The van der Waals surface area contributed by atoms with Crippen LogP contribution in [0.1, 0.15) is 26.7 Å². The van der Waals surface area contributed by atoms with Crippen molar-refractivity contribution in [3.63, 3.8) is 0 Å². The third-order valence-corrected chi connectivity index (χ3v) is 2.80. The van der Waals surface area contributed by atoms with Gasteiger partial charge in [-0.3, -0.25) is 9.69 Å². The first kappa shape index (κ1) is 9.52. The number of aliphatic carboxylic acids is 1. The minimum absolute atomic E-state index is 0.197. The van der Waals surface area contributed by atoms with Crippen molar-refractivity contribution in [3.8, 4) is 0 Å². The highest BCUT2D eigenvalue weighted by atomic mass is 16.4. The molecule has 12 heavy (non-hydrogen) atoms. The van der Waals surface area contributed by atoms with Crippen LogP contribution in [0.3, 0.4) is 0 Å². The molecule has 3 nitrogen and oxygen atoms in total. The molecule has 0 aliphatic heterocycles. The molecule has 0 aromatic heterocycles. The van der Waals surface area contributed by atoms with E-state index in [1.165, 1.54) is 0 Å². The van der Waals surface area contributed by atoms with Crippen LogP contribution in [0.4, 0.5) is 0 Å². The average molecular weight is 171 g/mol. The third kappa shape index (κ3) is 1.22. The Morgan fingerprint density at radius 1 is 1.33 bits per heavy atom. The SMILES string of the molecule is CN(C)C1(C(=O)O)CC(C)(C)C1. The molecule has 0 heterocycles. The lowest BCUT2D eigenvalue weighted by atomic mass is 9.59. The molecule has 1 rings (SSSR count). The molecule has 0 aromatic rings. The van der Waals surface area contributed by atoms with E-state index in [0.29, 0.717) is 0 Å². The molecule has 70 valence electrons. The molecule has 1 N–H and O–H groups in total. The smallest absolute Gasteiger partial charge is 0.324 e. The van der Waals surface area contributed by atoms with Crippen molar-refractivity contribution in [1.82, 2.24) is 4.90 Å². The molecule has 0 amide bonds. The van der Waals surface area contributed by atoms with Gasteiger partial charge in [0.1, 0.15) is 5.54 Å². The summed E-state index contributed by atoms with van der Waals surface area (Å²) in [5, 5.41) is 9.04. The van der Waals surface area contributed by atoms with E-state index in [1.807, 2.05) is 19.0 Å². The van der Waals surface area contributed by atoms with Gasteiger partial charge in [-0.25, -0.2) is 0 Å². The Morgan fingerprint density at radius 2 is 1.75 bits per heavy atom. The Labute approximate surface area is 73.4 Å². The quantitative estimate of drug-likeness (QED) is 0.678. The Bertz CT molecular complexity index is 201. The number of nitrogens with zero attached hydrogens (tertiary/aromatic N) is 1. The van der Waals surface area contributed by atoms with E-state index in [2.05, 4.69) is 13.8 Å². The zero-order valence-electron chi connectivity index (χ0n) is 8.22. The summed E-state index contributed by atoms with van der Waals surface area (Å²) in [6, 6.07) is 0. The molecule has 3 heteroatoms. The van der Waals surface area contributed by atoms with E-state index >= 15 is 0 Å². The van der Waals surface area contributed by atoms with Gasteiger partial charge in [0.2, 0.25) is 0 Å². The first-order chi connectivity index (χ1) is 5.30. The number of carboxylic acid groups (broad SMARTS) is 1. The Morgan fingerprint density at radius 3 is 1.83 bits per heavy atom. The van der Waals surface area contributed by atoms with Crippen LogP contribution in [0.15, 0.2) is 0 Å². The molecule has 0 spiro atoms. The van der Waals surface area contributed by atoms with Crippen LogP contribution in [0, 0.1) is 5.41 Å². The Balaban J connectivity index is 2.76. The molecule has 0 unspecified atom stereocenters. The van der Waals surface area contributed by atoms with Crippen molar-refractivity contribution in [3.05, 3.63) is 0 Å². The predicted molar refractivity (Wildman–Crippen MR) is 47.1 cm³/mol. The van der Waals surface area contributed by atoms with E-state index in [4.69, 9.17) is 5.11 Å². The fraction of sp³-hybridized carbons (Fsp3) is 0.889. The van der Waals surface area contributed by atoms with Crippen LogP contribution in [-0.2, 0) is 4.79 Å². The second kappa shape index (κ2) is 2.46. The molecule has 0 saturated heterocycles. The monoisotopic (exact) mass is 171 g/mol. The van der Waals surface area contributed by atoms with Crippen molar-refractivity contribution in [1.29, 1.82) is 0 Å². The van der Waals surface area contributed by atoms with Gasteiger partial charge in [0.15, 0.2) is 0 Å². The Hall–Kier alpha value is -0.570. The van der Waals surface area contributed by atoms with Gasteiger partial charge in [-0.1, -0.05) is 13.8 Å². The first-order valence-electron chi connectivity index (χ1n) is 4.21. The van der Waals surface area contributed by atoms with Gasteiger partial charge in [0.05, 0.1) is 0 Å². The molecule has 1 fully saturated rings. The zero-order valence-corrected chi connectivity index (χ0v) is 8.22. The standard InChI is InChI=1S/C9H17NO2/c1-8(2)5-9(6-8,7(11)12)10(3)4/h5-6H2,1-4H3,(H,11,12). The number of rotatable bonds is 2. The third-order valence-electron chi connectivity index (χ3n) is 2.80.